The number of rotatable bonds is 10. The van der Waals surface area contributed by atoms with E-state index in [1.165, 1.54) is 11.8 Å². The molecule has 2 heterocycles. The number of nitrogen functional groups attached to an aromatic ring is 1. The molecule has 0 aliphatic carbocycles. The number of fused-ring (bicyclic) bond motifs is 1. The summed E-state index contributed by atoms with van der Waals surface area (Å²) in [4.78, 5) is 34.5. The fraction of sp³-hybridized carbons (Fsp3) is 0.500. The van der Waals surface area contributed by atoms with Crippen LogP contribution in [0.2, 0.25) is 0 Å². The van der Waals surface area contributed by atoms with Crippen molar-refractivity contribution in [2.75, 3.05) is 12.8 Å². The Kier molecular flexibility index (Phi) is 7.94. The van der Waals surface area contributed by atoms with Crippen molar-refractivity contribution in [1.29, 1.82) is 0 Å². The van der Waals surface area contributed by atoms with Gasteiger partial charge in [-0.15, -0.1) is 0 Å². The van der Waals surface area contributed by atoms with Gasteiger partial charge in [-0.3, -0.25) is 4.57 Å². The van der Waals surface area contributed by atoms with E-state index in [1.54, 1.807) is 52.6 Å². The first kappa shape index (κ1) is 26.4. The molecule has 0 saturated carbocycles. The van der Waals surface area contributed by atoms with Crippen molar-refractivity contribution < 1.29 is 23.8 Å². The van der Waals surface area contributed by atoms with Gasteiger partial charge in [-0.2, -0.15) is 4.98 Å². The number of methoxy groups -OCH3 is 1. The lowest BCUT2D eigenvalue weighted by molar-refractivity contribution is -0.103. The van der Waals surface area contributed by atoms with Gasteiger partial charge in [0.2, 0.25) is 5.95 Å². The fourth-order valence-electron chi connectivity index (χ4n) is 4.21. The smallest absolute Gasteiger partial charge is 0.357 e. The number of hydrogen-bond donors (Lipinski definition) is 3. The van der Waals surface area contributed by atoms with Gasteiger partial charge in [0.15, 0.2) is 11.0 Å². The lowest BCUT2D eigenvalue weighted by Gasteiger charge is -2.42. The lowest BCUT2D eigenvalue weighted by Crippen LogP contribution is -2.46. The van der Waals surface area contributed by atoms with Crippen molar-refractivity contribution in [2.24, 2.45) is 11.8 Å². The maximum absolute atomic E-state index is 12.5. The Hall–Kier alpha value is -2.17. The molecule has 4 N–H and O–H groups in total. The summed E-state index contributed by atoms with van der Waals surface area (Å²) in [7, 11) is -2.97. The molecule has 1 unspecified atom stereocenters. The Bertz CT molecular complexity index is 1170. The maximum atomic E-state index is 12.5. The second kappa shape index (κ2) is 10.2. The number of aromatic nitrogens is 4. The van der Waals surface area contributed by atoms with Gasteiger partial charge >= 0.3 is 7.60 Å². The highest BCUT2D eigenvalue weighted by atomic mass is 32.2. The molecular formula is C22H32N5O5PS. The van der Waals surface area contributed by atoms with Gasteiger partial charge in [0.05, 0.1) is 26.1 Å². The lowest BCUT2D eigenvalue weighted by atomic mass is 9.95. The molecule has 0 amide bonds. The zero-order chi connectivity index (χ0) is 25.3. The molecule has 0 fully saturated rings. The van der Waals surface area contributed by atoms with Gasteiger partial charge < -0.3 is 29.6 Å². The predicted molar refractivity (Wildman–Crippen MR) is 132 cm³/mol. The summed E-state index contributed by atoms with van der Waals surface area (Å²) < 4.78 is 25.6. The summed E-state index contributed by atoms with van der Waals surface area (Å²) in [5.41, 5.74) is 7.09. The number of nitrogens with two attached hydrogens (primary N) is 1. The average Bonchev–Trinajstić information content (AvgIpc) is 3.13. The van der Waals surface area contributed by atoms with Gasteiger partial charge in [-0.05, 0) is 43.0 Å². The van der Waals surface area contributed by atoms with Crippen molar-refractivity contribution in [3.63, 3.8) is 0 Å². The first-order valence-electron chi connectivity index (χ1n) is 10.9. The molecule has 3 aromatic rings. The van der Waals surface area contributed by atoms with Gasteiger partial charge in [0, 0.05) is 4.90 Å². The van der Waals surface area contributed by atoms with E-state index >= 15 is 0 Å². The van der Waals surface area contributed by atoms with E-state index in [2.05, 4.69) is 15.0 Å². The fourth-order valence-corrected chi connectivity index (χ4v) is 6.75. The highest BCUT2D eigenvalue weighted by Gasteiger charge is 2.54. The monoisotopic (exact) mass is 509 g/mol. The quantitative estimate of drug-likeness (QED) is 0.269. The summed E-state index contributed by atoms with van der Waals surface area (Å²) in [5, 5.41) is -0.999. The minimum atomic E-state index is -4.58. The van der Waals surface area contributed by atoms with Gasteiger partial charge in [-0.25, -0.2) is 9.97 Å². The van der Waals surface area contributed by atoms with Crippen LogP contribution in [-0.4, -0.2) is 47.9 Å². The molecule has 186 valence electrons. The number of hydrogen-bond acceptors (Lipinski definition) is 8. The molecule has 3 rings (SSSR count). The summed E-state index contributed by atoms with van der Waals surface area (Å²) >= 11 is 1.41. The number of anilines is 1. The first-order valence-corrected chi connectivity index (χ1v) is 13.4. The molecule has 0 aliphatic heterocycles. The number of benzene rings is 1. The van der Waals surface area contributed by atoms with E-state index in [0.29, 0.717) is 16.2 Å². The normalized spacial score (nSPS) is 13.7. The zero-order valence-electron chi connectivity index (χ0n) is 20.2. The van der Waals surface area contributed by atoms with Crippen LogP contribution in [0, 0.1) is 11.8 Å². The summed E-state index contributed by atoms with van der Waals surface area (Å²) in [5.74, 6) is 0.0541. The highest BCUT2D eigenvalue weighted by Crippen LogP contribution is 2.59. The minimum Gasteiger partial charge on any atom is -0.497 e. The Morgan fingerprint density at radius 1 is 1.12 bits per heavy atom. The molecule has 1 aromatic carbocycles. The van der Waals surface area contributed by atoms with E-state index in [1.807, 2.05) is 24.3 Å². The molecule has 0 saturated heterocycles. The third-order valence-corrected chi connectivity index (χ3v) is 8.71. The SMILES string of the molecule is COc1ccc(Sc2nc(N)nc3c2ncn3CC(C)OC(C(C)C)(C(C)C)P(=O)(O)O)cc1. The van der Waals surface area contributed by atoms with Crippen LogP contribution in [0.4, 0.5) is 5.95 Å². The Labute approximate surface area is 203 Å². The second-order valence-corrected chi connectivity index (χ2v) is 11.6. The molecule has 2 aromatic heterocycles. The number of imidazole rings is 1. The molecule has 0 spiro atoms. The van der Waals surface area contributed by atoms with E-state index < -0.39 is 30.9 Å². The standard InChI is InChI=1S/C22H32N5O5PS/c1-13(2)22(14(3)4,33(28,29)30)32-15(5)11-27-12-24-18-19(27)25-21(23)26-20(18)34-17-9-7-16(31-6)8-10-17/h7-10,12-15H,11H2,1-6H3,(H2,23,25,26)(H2,28,29,30). The second-order valence-electron chi connectivity index (χ2n) is 8.77. The Morgan fingerprint density at radius 3 is 2.26 bits per heavy atom. The number of ether oxygens (including phenoxy) is 2. The van der Waals surface area contributed by atoms with Crippen molar-refractivity contribution in [3.05, 3.63) is 30.6 Å². The molecule has 0 bridgehead atoms. The van der Waals surface area contributed by atoms with Crippen LogP contribution in [0.3, 0.4) is 0 Å². The van der Waals surface area contributed by atoms with Crippen molar-refractivity contribution in [3.8, 4) is 5.75 Å². The van der Waals surface area contributed by atoms with E-state index in [9.17, 15) is 14.4 Å². The average molecular weight is 510 g/mol. The van der Waals surface area contributed by atoms with Crippen LogP contribution < -0.4 is 10.5 Å². The maximum Gasteiger partial charge on any atom is 0.357 e. The molecule has 12 heteroatoms. The van der Waals surface area contributed by atoms with Crippen molar-refractivity contribution in [2.45, 2.75) is 62.5 Å². The van der Waals surface area contributed by atoms with E-state index in [4.69, 9.17) is 15.2 Å². The van der Waals surface area contributed by atoms with Crippen LogP contribution in [0.5, 0.6) is 5.75 Å². The van der Waals surface area contributed by atoms with Crippen molar-refractivity contribution in [1.82, 2.24) is 19.5 Å². The number of nitrogens with zero attached hydrogens (tertiary/aromatic N) is 4. The van der Waals surface area contributed by atoms with Crippen LogP contribution in [0.25, 0.3) is 11.2 Å². The summed E-state index contributed by atoms with van der Waals surface area (Å²) in [6, 6.07) is 7.55. The largest absolute Gasteiger partial charge is 0.497 e. The predicted octanol–water partition coefficient (Wildman–Crippen LogP) is 4.16. The summed E-state index contributed by atoms with van der Waals surface area (Å²) in [6.45, 7) is 9.09. The Morgan fingerprint density at radius 2 is 1.74 bits per heavy atom. The van der Waals surface area contributed by atoms with Crippen LogP contribution in [-0.2, 0) is 15.8 Å². The van der Waals surface area contributed by atoms with Crippen LogP contribution in [0.1, 0.15) is 34.6 Å². The van der Waals surface area contributed by atoms with E-state index in [0.717, 1.165) is 10.6 Å². The topological polar surface area (TPSA) is 146 Å². The molecule has 1 atom stereocenters. The molecule has 0 aliphatic rings. The Balaban J connectivity index is 1.90. The van der Waals surface area contributed by atoms with Gasteiger partial charge in [-0.1, -0.05) is 39.5 Å². The molecule has 0 radical (unpaired) electrons. The molecular weight excluding hydrogens is 477 g/mol. The third-order valence-electron chi connectivity index (χ3n) is 5.68. The third kappa shape index (κ3) is 5.23. The van der Waals surface area contributed by atoms with Crippen LogP contribution >= 0.6 is 19.4 Å². The van der Waals surface area contributed by atoms with Gasteiger partial charge in [0.1, 0.15) is 16.3 Å². The van der Waals surface area contributed by atoms with Crippen molar-refractivity contribution >= 4 is 36.5 Å². The molecule has 34 heavy (non-hydrogen) atoms. The first-order chi connectivity index (χ1) is 15.9. The highest BCUT2D eigenvalue weighted by molar-refractivity contribution is 7.99. The zero-order valence-corrected chi connectivity index (χ0v) is 21.9. The summed E-state index contributed by atoms with van der Waals surface area (Å²) in [6.07, 6.45) is 1.07. The van der Waals surface area contributed by atoms with Crippen LogP contribution in [0.15, 0.2) is 40.5 Å². The van der Waals surface area contributed by atoms with E-state index in [-0.39, 0.29) is 12.5 Å². The van der Waals surface area contributed by atoms with Gasteiger partial charge in [0.25, 0.3) is 0 Å². The molecule has 10 nitrogen and oxygen atoms in total. The minimum absolute atomic E-state index is 0.104.